The van der Waals surface area contributed by atoms with Crippen LogP contribution in [0.2, 0.25) is 0 Å². The van der Waals surface area contributed by atoms with Gasteiger partial charge in [0.15, 0.2) is 0 Å². The van der Waals surface area contributed by atoms with E-state index < -0.39 is 0 Å². The van der Waals surface area contributed by atoms with Crippen molar-refractivity contribution in [2.24, 2.45) is 0 Å². The van der Waals surface area contributed by atoms with Crippen molar-refractivity contribution < 1.29 is 9.53 Å². The molecule has 1 fully saturated rings. The quantitative estimate of drug-likeness (QED) is 0.119. The molecule has 6 aromatic rings. The van der Waals surface area contributed by atoms with E-state index in [4.69, 9.17) is 4.74 Å². The SMILES string of the molecule is C=C(C)C(=O)OC1CCCCC1Nc1ccc(C(c2ccc(Cc3c(C)cc(C)cc3C)cc2)=c2ccc(=Cc3c(C)cc(C)cc3C)cc2)c2ccccc12. The molecule has 3 heteroatoms. The van der Waals surface area contributed by atoms with Gasteiger partial charge in [0.25, 0.3) is 0 Å². The number of ether oxygens (including phenoxy) is 1. The minimum Gasteiger partial charge on any atom is -0.457 e. The van der Waals surface area contributed by atoms with Crippen molar-refractivity contribution in [3.05, 3.63) is 193 Å². The van der Waals surface area contributed by atoms with Gasteiger partial charge in [-0.3, -0.25) is 0 Å². The Bertz CT molecular complexity index is 2510. The van der Waals surface area contributed by atoms with Gasteiger partial charge in [-0.1, -0.05) is 127 Å². The van der Waals surface area contributed by atoms with Crippen LogP contribution in [0.3, 0.4) is 0 Å². The number of carbonyl (C=O) groups is 1. The summed E-state index contributed by atoms with van der Waals surface area (Å²) < 4.78 is 5.95. The number of carbonyl (C=O) groups excluding carboxylic acids is 1. The van der Waals surface area contributed by atoms with Crippen LogP contribution >= 0.6 is 0 Å². The molecule has 0 radical (unpaired) electrons. The van der Waals surface area contributed by atoms with Gasteiger partial charge >= 0.3 is 5.97 Å². The van der Waals surface area contributed by atoms with E-state index in [2.05, 4.69) is 169 Å². The minimum absolute atomic E-state index is 0.0303. The fraction of sp³-hybridized carbons (Fsp3) is 0.264. The van der Waals surface area contributed by atoms with Crippen molar-refractivity contribution in [2.75, 3.05) is 5.32 Å². The van der Waals surface area contributed by atoms with Crippen molar-refractivity contribution in [3.63, 3.8) is 0 Å². The van der Waals surface area contributed by atoms with E-state index in [1.54, 1.807) is 6.92 Å². The summed E-state index contributed by atoms with van der Waals surface area (Å²) in [5.41, 5.74) is 16.9. The molecule has 0 bridgehead atoms. The molecular formula is C53H55NO2. The zero-order valence-corrected chi connectivity index (χ0v) is 34.2. The van der Waals surface area contributed by atoms with E-state index in [9.17, 15) is 4.79 Å². The Hall–Kier alpha value is -5.67. The number of hydrogen-bond donors (Lipinski definition) is 1. The highest BCUT2D eigenvalue weighted by Gasteiger charge is 2.29. The standard InChI is InChI=1S/C53H55NO2/c1-33(2)53(55)56-51-16-12-11-15-50(51)54-49-26-25-46(44-13-9-10-14-45(44)49)52(42-21-17-40(18-22-42)31-47-36(5)27-34(3)28-37(47)6)43-23-19-41(20-24-43)32-48-38(7)29-35(4)30-39(48)8/h9-10,13-14,17-31,50-51,54H,1,11-12,15-16,32H2,2-8H3. The molecule has 2 atom stereocenters. The summed E-state index contributed by atoms with van der Waals surface area (Å²) in [5, 5.41) is 8.50. The zero-order valence-electron chi connectivity index (χ0n) is 34.2. The van der Waals surface area contributed by atoms with E-state index in [0.29, 0.717) is 5.57 Å². The highest BCUT2D eigenvalue weighted by atomic mass is 16.5. The highest BCUT2D eigenvalue weighted by Crippen LogP contribution is 2.35. The van der Waals surface area contributed by atoms with Crippen LogP contribution in [0.15, 0.2) is 121 Å². The maximum atomic E-state index is 12.6. The Kier molecular flexibility index (Phi) is 11.4. The molecule has 0 aliphatic heterocycles. The molecule has 0 aromatic heterocycles. The fourth-order valence-corrected chi connectivity index (χ4v) is 8.78. The lowest BCUT2D eigenvalue weighted by Crippen LogP contribution is -2.39. The van der Waals surface area contributed by atoms with Crippen LogP contribution in [-0.2, 0) is 16.0 Å². The van der Waals surface area contributed by atoms with Crippen molar-refractivity contribution in [2.45, 2.75) is 92.7 Å². The molecule has 2 unspecified atom stereocenters. The van der Waals surface area contributed by atoms with Gasteiger partial charge < -0.3 is 10.1 Å². The molecule has 56 heavy (non-hydrogen) atoms. The van der Waals surface area contributed by atoms with Gasteiger partial charge in [0, 0.05) is 16.6 Å². The molecule has 6 aromatic carbocycles. The van der Waals surface area contributed by atoms with E-state index in [0.717, 1.165) is 43.2 Å². The second-order valence-corrected chi connectivity index (χ2v) is 16.2. The third-order valence-electron chi connectivity index (χ3n) is 11.6. The summed E-state index contributed by atoms with van der Waals surface area (Å²) in [7, 11) is 0. The number of fused-ring (bicyclic) bond motifs is 1. The van der Waals surface area contributed by atoms with Gasteiger partial charge in [-0.05, 0) is 158 Å². The predicted molar refractivity (Wildman–Crippen MR) is 236 cm³/mol. The summed E-state index contributed by atoms with van der Waals surface area (Å²) in [6, 6.07) is 40.5. The summed E-state index contributed by atoms with van der Waals surface area (Å²) in [6.07, 6.45) is 6.96. The van der Waals surface area contributed by atoms with Crippen molar-refractivity contribution in [1.82, 2.24) is 0 Å². The Labute approximate surface area is 333 Å². The minimum atomic E-state index is -0.314. The van der Waals surface area contributed by atoms with Crippen LogP contribution in [0.5, 0.6) is 0 Å². The van der Waals surface area contributed by atoms with Gasteiger partial charge in [0.05, 0.1) is 6.04 Å². The molecule has 1 aliphatic carbocycles. The first kappa shape index (κ1) is 38.6. The number of anilines is 1. The predicted octanol–water partition coefficient (Wildman–Crippen LogP) is 11.2. The smallest absolute Gasteiger partial charge is 0.333 e. The first-order valence-electron chi connectivity index (χ1n) is 20.2. The number of hydrogen-bond acceptors (Lipinski definition) is 3. The Morgan fingerprint density at radius 1 is 0.732 bits per heavy atom. The second kappa shape index (κ2) is 16.6. The topological polar surface area (TPSA) is 38.3 Å². The Morgan fingerprint density at radius 3 is 1.98 bits per heavy atom. The van der Waals surface area contributed by atoms with E-state index in [-0.39, 0.29) is 18.1 Å². The van der Waals surface area contributed by atoms with Crippen molar-refractivity contribution in [1.29, 1.82) is 0 Å². The largest absolute Gasteiger partial charge is 0.457 e. The molecule has 3 nitrogen and oxygen atoms in total. The second-order valence-electron chi connectivity index (χ2n) is 16.2. The molecule has 1 aliphatic rings. The summed E-state index contributed by atoms with van der Waals surface area (Å²) in [6.45, 7) is 18.7. The molecule has 0 saturated heterocycles. The average Bonchev–Trinajstić information content (AvgIpc) is 3.17. The van der Waals surface area contributed by atoms with Gasteiger partial charge in [-0.2, -0.15) is 0 Å². The third-order valence-corrected chi connectivity index (χ3v) is 11.6. The monoisotopic (exact) mass is 737 g/mol. The van der Waals surface area contributed by atoms with E-state index in [1.807, 2.05) is 0 Å². The van der Waals surface area contributed by atoms with E-state index >= 15 is 0 Å². The molecule has 0 amide bonds. The summed E-state index contributed by atoms with van der Waals surface area (Å²) in [5.74, 6) is -0.314. The lowest BCUT2D eigenvalue weighted by atomic mass is 9.88. The highest BCUT2D eigenvalue weighted by molar-refractivity contribution is 6.03. The lowest BCUT2D eigenvalue weighted by molar-refractivity contribution is -0.146. The number of esters is 1. The summed E-state index contributed by atoms with van der Waals surface area (Å²) in [4.78, 5) is 12.6. The number of rotatable bonds is 9. The fourth-order valence-electron chi connectivity index (χ4n) is 8.78. The number of benzene rings is 6. The van der Waals surface area contributed by atoms with Crippen LogP contribution < -0.4 is 15.8 Å². The Morgan fingerprint density at radius 2 is 1.34 bits per heavy atom. The van der Waals surface area contributed by atoms with Crippen LogP contribution in [0, 0.1) is 41.5 Å². The maximum Gasteiger partial charge on any atom is 0.333 e. The third kappa shape index (κ3) is 8.43. The zero-order chi connectivity index (χ0) is 39.5. The molecular weight excluding hydrogens is 683 g/mol. The van der Waals surface area contributed by atoms with Crippen molar-refractivity contribution >= 4 is 34.1 Å². The van der Waals surface area contributed by atoms with Crippen LogP contribution in [0.1, 0.15) is 93.8 Å². The van der Waals surface area contributed by atoms with Gasteiger partial charge in [0.2, 0.25) is 0 Å². The first-order chi connectivity index (χ1) is 26.9. The first-order valence-corrected chi connectivity index (χ1v) is 20.2. The molecule has 284 valence electrons. The molecule has 7 rings (SSSR count). The van der Waals surface area contributed by atoms with Gasteiger partial charge in [-0.25, -0.2) is 4.79 Å². The van der Waals surface area contributed by atoms with Crippen LogP contribution in [0.25, 0.3) is 22.4 Å². The summed E-state index contributed by atoms with van der Waals surface area (Å²) >= 11 is 0. The van der Waals surface area contributed by atoms with Crippen molar-refractivity contribution in [3.8, 4) is 0 Å². The lowest BCUT2D eigenvalue weighted by Gasteiger charge is -2.33. The van der Waals surface area contributed by atoms with Crippen LogP contribution in [0.4, 0.5) is 5.69 Å². The Balaban J connectivity index is 1.33. The van der Waals surface area contributed by atoms with Gasteiger partial charge in [0.1, 0.15) is 6.10 Å². The number of nitrogens with one attached hydrogen (secondary N) is 1. The molecule has 0 spiro atoms. The average molecular weight is 738 g/mol. The van der Waals surface area contributed by atoms with Gasteiger partial charge in [-0.15, -0.1) is 0 Å². The van der Waals surface area contributed by atoms with Crippen LogP contribution in [-0.4, -0.2) is 18.1 Å². The number of aryl methyl sites for hydroxylation is 6. The molecule has 0 heterocycles. The molecule has 1 saturated carbocycles. The van der Waals surface area contributed by atoms with E-state index in [1.165, 1.54) is 82.6 Å². The molecule has 1 N–H and O–H groups in total. The normalized spacial score (nSPS) is 15.3. The maximum absolute atomic E-state index is 12.6.